The summed E-state index contributed by atoms with van der Waals surface area (Å²) in [6.07, 6.45) is 12.9. The van der Waals surface area contributed by atoms with Crippen molar-refractivity contribution in [3.8, 4) is 0 Å². The molecule has 170 valence electrons. The second kappa shape index (κ2) is 8.27. The summed E-state index contributed by atoms with van der Waals surface area (Å²) >= 11 is 0. The number of carbonyl (C=O) groups is 3. The van der Waals surface area contributed by atoms with Crippen LogP contribution in [-0.2, 0) is 14.4 Å². The predicted octanol–water partition coefficient (Wildman–Crippen LogP) is 4.91. The van der Waals surface area contributed by atoms with E-state index in [0.29, 0.717) is 12.8 Å². The zero-order valence-corrected chi connectivity index (χ0v) is 19.9. The van der Waals surface area contributed by atoms with E-state index in [9.17, 15) is 14.4 Å². The first-order valence-corrected chi connectivity index (χ1v) is 12.2. The fraction of sp³-hybridized carbons (Fsp3) is 0.880. The predicted molar refractivity (Wildman–Crippen MR) is 119 cm³/mol. The van der Waals surface area contributed by atoms with Crippen molar-refractivity contribution in [1.82, 2.24) is 10.2 Å². The fourth-order valence-electron chi connectivity index (χ4n) is 7.21. The first-order valence-electron chi connectivity index (χ1n) is 12.2. The minimum absolute atomic E-state index is 0.00595. The normalized spacial score (nSPS) is 28.6. The van der Waals surface area contributed by atoms with Gasteiger partial charge in [0.15, 0.2) is 5.78 Å². The maximum absolute atomic E-state index is 14.2. The van der Waals surface area contributed by atoms with Gasteiger partial charge in [0.1, 0.15) is 5.41 Å². The number of nitrogens with one attached hydrogen (secondary N) is 1. The van der Waals surface area contributed by atoms with Crippen LogP contribution in [0.15, 0.2) is 0 Å². The average molecular weight is 419 g/mol. The van der Waals surface area contributed by atoms with Crippen molar-refractivity contribution < 1.29 is 14.4 Å². The number of Topliss-reactive ketones (excluding diaryl/α,β-unsaturated/α-hetero) is 1. The summed E-state index contributed by atoms with van der Waals surface area (Å²) in [7, 11) is 0. The van der Waals surface area contributed by atoms with E-state index in [1.54, 1.807) is 6.92 Å². The molecule has 0 aromatic rings. The Morgan fingerprint density at radius 2 is 1.17 bits per heavy atom. The van der Waals surface area contributed by atoms with Gasteiger partial charge < -0.3 is 10.2 Å². The van der Waals surface area contributed by atoms with Crippen molar-refractivity contribution in [2.45, 2.75) is 135 Å². The molecule has 0 radical (unpaired) electrons. The minimum atomic E-state index is -1.02. The molecule has 0 atom stereocenters. The van der Waals surface area contributed by atoms with Gasteiger partial charge in [-0.25, -0.2) is 0 Å². The molecule has 0 aromatic heterocycles. The second-order valence-electron chi connectivity index (χ2n) is 11.5. The van der Waals surface area contributed by atoms with Gasteiger partial charge in [-0.3, -0.25) is 14.4 Å². The molecule has 1 saturated carbocycles. The Labute approximate surface area is 182 Å². The summed E-state index contributed by atoms with van der Waals surface area (Å²) in [5.41, 5.74) is -2.81. The van der Waals surface area contributed by atoms with Crippen LogP contribution < -0.4 is 5.32 Å². The highest BCUT2D eigenvalue weighted by atomic mass is 16.2. The molecule has 3 fully saturated rings. The summed E-state index contributed by atoms with van der Waals surface area (Å²) in [5.74, 6) is 0.0248. The van der Waals surface area contributed by atoms with Crippen molar-refractivity contribution in [3.63, 3.8) is 0 Å². The molecule has 30 heavy (non-hydrogen) atoms. The van der Waals surface area contributed by atoms with Crippen LogP contribution in [0.25, 0.3) is 0 Å². The van der Waals surface area contributed by atoms with Crippen LogP contribution in [0.5, 0.6) is 0 Å². The Bertz CT molecular complexity index is 665. The monoisotopic (exact) mass is 418 g/mol. The van der Waals surface area contributed by atoms with Crippen LogP contribution >= 0.6 is 0 Å². The Hall–Kier alpha value is -1.39. The highest BCUT2D eigenvalue weighted by Gasteiger charge is 2.67. The number of nitrogens with zero attached hydrogens (tertiary/aromatic N) is 1. The number of hydrogen-bond donors (Lipinski definition) is 1. The lowest BCUT2D eigenvalue weighted by molar-refractivity contribution is -0.165. The van der Waals surface area contributed by atoms with Crippen molar-refractivity contribution >= 4 is 17.6 Å². The van der Waals surface area contributed by atoms with Gasteiger partial charge in [0.25, 0.3) is 0 Å². The Kier molecular flexibility index (Phi) is 6.42. The Balaban J connectivity index is 1.92. The van der Waals surface area contributed by atoms with Gasteiger partial charge in [0, 0.05) is 18.0 Å². The molecule has 0 unspecified atom stereocenters. The molecule has 2 heterocycles. The van der Waals surface area contributed by atoms with Crippen molar-refractivity contribution in [3.05, 3.63) is 0 Å². The van der Waals surface area contributed by atoms with Crippen LogP contribution in [0.4, 0.5) is 0 Å². The lowest BCUT2D eigenvalue weighted by atomic mass is 9.60. The quantitative estimate of drug-likeness (QED) is 0.568. The third-order valence-corrected chi connectivity index (χ3v) is 7.86. The number of hydrogen-bond acceptors (Lipinski definition) is 3. The molecule has 0 bridgehead atoms. The van der Waals surface area contributed by atoms with E-state index in [2.05, 4.69) is 5.32 Å². The molecule has 5 heteroatoms. The van der Waals surface area contributed by atoms with Crippen LogP contribution in [0.3, 0.4) is 0 Å². The van der Waals surface area contributed by atoms with E-state index in [0.717, 1.165) is 38.5 Å². The molecule has 2 saturated heterocycles. The summed E-state index contributed by atoms with van der Waals surface area (Å²) in [6, 6.07) is 0. The molecular weight excluding hydrogens is 376 g/mol. The molecule has 3 rings (SSSR count). The smallest absolute Gasteiger partial charge is 0.234 e. The van der Waals surface area contributed by atoms with Crippen molar-refractivity contribution in [2.75, 3.05) is 0 Å². The largest absolute Gasteiger partial charge is 0.343 e. The van der Waals surface area contributed by atoms with E-state index < -0.39 is 22.0 Å². The Morgan fingerprint density at radius 3 is 1.57 bits per heavy atom. The molecule has 2 spiro atoms. The van der Waals surface area contributed by atoms with E-state index in [1.165, 1.54) is 32.1 Å². The average Bonchev–Trinajstić information content (AvgIpc) is 2.77. The standard InChI is InChI=1S/C25H42N2O3/c1-19(28)27-22(2,3)17-24(18-23(27,4)5)20(29)25(26-21(24)30)15-13-11-9-7-6-8-10-12-14-16-25/h6-18H2,1-5H3,(H,26,30). The number of likely N-dealkylation sites (tertiary alicyclic amines) is 1. The molecule has 1 N–H and O–H groups in total. The first-order chi connectivity index (χ1) is 14.0. The van der Waals surface area contributed by atoms with Crippen molar-refractivity contribution in [1.29, 1.82) is 0 Å². The molecule has 0 aromatic carbocycles. The zero-order valence-electron chi connectivity index (χ0n) is 19.9. The second-order valence-corrected chi connectivity index (χ2v) is 11.5. The summed E-state index contributed by atoms with van der Waals surface area (Å²) in [6.45, 7) is 9.60. The van der Waals surface area contributed by atoms with Crippen LogP contribution in [-0.4, -0.2) is 39.1 Å². The SMILES string of the molecule is CC(=O)N1C(C)(C)CC2(CC1(C)C)C(=O)NC1(CCCCCCCCCCC1)C2=O. The zero-order chi connectivity index (χ0) is 22.2. The van der Waals surface area contributed by atoms with E-state index >= 15 is 0 Å². The number of rotatable bonds is 0. The molecular formula is C25H42N2O3. The van der Waals surface area contributed by atoms with Crippen molar-refractivity contribution in [2.24, 2.45) is 5.41 Å². The number of carbonyl (C=O) groups excluding carboxylic acids is 3. The number of piperidine rings is 1. The van der Waals surface area contributed by atoms with Gasteiger partial charge in [-0.15, -0.1) is 0 Å². The van der Waals surface area contributed by atoms with E-state index in [4.69, 9.17) is 0 Å². The summed E-state index contributed by atoms with van der Waals surface area (Å²) in [4.78, 5) is 42.0. The van der Waals surface area contributed by atoms with Gasteiger partial charge >= 0.3 is 0 Å². The topological polar surface area (TPSA) is 66.5 Å². The molecule has 2 aliphatic heterocycles. The van der Waals surface area contributed by atoms with Gasteiger partial charge in [-0.2, -0.15) is 0 Å². The third kappa shape index (κ3) is 4.05. The minimum Gasteiger partial charge on any atom is -0.343 e. The van der Waals surface area contributed by atoms with Gasteiger partial charge in [-0.05, 0) is 53.4 Å². The summed E-state index contributed by atoms with van der Waals surface area (Å²) in [5, 5.41) is 3.26. The van der Waals surface area contributed by atoms with E-state index in [1.807, 2.05) is 32.6 Å². The van der Waals surface area contributed by atoms with Crippen LogP contribution in [0, 0.1) is 5.41 Å². The maximum Gasteiger partial charge on any atom is 0.234 e. The van der Waals surface area contributed by atoms with E-state index in [-0.39, 0.29) is 17.6 Å². The fourth-order valence-corrected chi connectivity index (χ4v) is 7.21. The highest BCUT2D eigenvalue weighted by molar-refractivity contribution is 6.17. The van der Waals surface area contributed by atoms with Gasteiger partial charge in [-0.1, -0.05) is 57.8 Å². The van der Waals surface area contributed by atoms with Crippen LogP contribution in [0.2, 0.25) is 0 Å². The maximum atomic E-state index is 14.2. The number of ketones is 1. The number of amides is 2. The first kappa shape index (κ1) is 23.3. The van der Waals surface area contributed by atoms with Crippen LogP contribution in [0.1, 0.15) is 118 Å². The van der Waals surface area contributed by atoms with Gasteiger partial charge in [0.05, 0.1) is 5.54 Å². The Morgan fingerprint density at radius 1 is 0.767 bits per heavy atom. The molecule has 3 aliphatic rings. The molecule has 2 amide bonds. The van der Waals surface area contributed by atoms with Gasteiger partial charge in [0.2, 0.25) is 11.8 Å². The molecule has 1 aliphatic carbocycles. The molecule has 5 nitrogen and oxygen atoms in total. The lowest BCUT2D eigenvalue weighted by Gasteiger charge is -2.57. The third-order valence-electron chi connectivity index (χ3n) is 7.86. The lowest BCUT2D eigenvalue weighted by Crippen LogP contribution is -2.67. The highest BCUT2D eigenvalue weighted by Crippen LogP contribution is 2.54. The summed E-state index contributed by atoms with van der Waals surface area (Å²) < 4.78 is 0.